The fraction of sp³-hybridized carbons (Fsp3) is 0.462. The van der Waals surface area contributed by atoms with Gasteiger partial charge in [-0.15, -0.1) is 0 Å². The first-order valence-electron chi connectivity index (χ1n) is 6.15. The van der Waals surface area contributed by atoms with Gasteiger partial charge in [0.05, 0.1) is 21.0 Å². The monoisotopic (exact) mass is 337 g/mol. The maximum Gasteiger partial charge on any atom is 0.219 e. The molecule has 1 amide bonds. The normalized spacial score (nSPS) is 13.0. The van der Waals surface area contributed by atoms with Crippen LogP contribution in [0.25, 0.3) is 0 Å². The van der Waals surface area contributed by atoms with E-state index in [-0.39, 0.29) is 18.1 Å². The molecule has 4 nitrogen and oxygen atoms in total. The predicted molar refractivity (Wildman–Crippen MR) is 82.0 cm³/mol. The van der Waals surface area contributed by atoms with Crippen LogP contribution in [-0.4, -0.2) is 27.1 Å². The number of benzene rings is 1. The highest BCUT2D eigenvalue weighted by atomic mass is 35.5. The molecule has 0 fully saturated rings. The molecular weight excluding hydrogens is 321 g/mol. The molecule has 0 saturated heterocycles. The van der Waals surface area contributed by atoms with E-state index in [9.17, 15) is 13.2 Å². The van der Waals surface area contributed by atoms with Gasteiger partial charge in [-0.2, -0.15) is 0 Å². The molecule has 112 valence electrons. The summed E-state index contributed by atoms with van der Waals surface area (Å²) < 4.78 is 24.4. The lowest BCUT2D eigenvalue weighted by Crippen LogP contribution is -2.20. The molecule has 0 radical (unpaired) electrons. The van der Waals surface area contributed by atoms with E-state index in [0.717, 1.165) is 0 Å². The Bertz CT molecular complexity index is 587. The molecule has 1 unspecified atom stereocenters. The molecule has 0 aromatic heterocycles. The lowest BCUT2D eigenvalue weighted by atomic mass is 10.2. The Balaban J connectivity index is 2.76. The van der Waals surface area contributed by atoms with Crippen molar-refractivity contribution in [3.63, 3.8) is 0 Å². The molecule has 0 aliphatic rings. The second-order valence-electron chi connectivity index (χ2n) is 4.46. The third-order valence-electron chi connectivity index (χ3n) is 3.06. The Morgan fingerprint density at radius 3 is 2.50 bits per heavy atom. The van der Waals surface area contributed by atoms with Gasteiger partial charge in [0.15, 0.2) is 9.84 Å². The highest BCUT2D eigenvalue weighted by molar-refractivity contribution is 7.91. The first-order valence-corrected chi connectivity index (χ1v) is 8.62. The molecule has 1 N–H and O–H groups in total. The molecule has 0 heterocycles. The Morgan fingerprint density at radius 2 is 1.95 bits per heavy atom. The number of sulfone groups is 1. The lowest BCUT2D eigenvalue weighted by molar-refractivity contribution is -0.120. The number of amides is 1. The van der Waals surface area contributed by atoms with Crippen molar-refractivity contribution >= 4 is 38.9 Å². The van der Waals surface area contributed by atoms with Crippen LogP contribution in [0.4, 0.5) is 0 Å². The van der Waals surface area contributed by atoms with Crippen molar-refractivity contribution in [2.24, 2.45) is 0 Å². The number of nitrogens with one attached hydrogen (secondary N) is 1. The summed E-state index contributed by atoms with van der Waals surface area (Å²) in [6, 6.07) is 4.79. The van der Waals surface area contributed by atoms with E-state index in [1.54, 1.807) is 25.1 Å². The van der Waals surface area contributed by atoms with Gasteiger partial charge in [-0.05, 0) is 31.0 Å². The van der Waals surface area contributed by atoms with Crippen LogP contribution in [0.15, 0.2) is 18.2 Å². The minimum Gasteiger partial charge on any atom is -0.359 e. The molecule has 0 aliphatic carbocycles. The van der Waals surface area contributed by atoms with Gasteiger partial charge in [-0.1, -0.05) is 29.3 Å². The lowest BCUT2D eigenvalue weighted by Gasteiger charge is -2.14. The van der Waals surface area contributed by atoms with Crippen molar-refractivity contribution in [2.45, 2.75) is 25.0 Å². The van der Waals surface area contributed by atoms with Gasteiger partial charge in [-0.3, -0.25) is 4.79 Å². The SMILES string of the molecule is CNC(=O)CCCS(=O)(=O)C(C)c1ccc(Cl)c(Cl)c1. The van der Waals surface area contributed by atoms with Crippen LogP contribution in [0.3, 0.4) is 0 Å². The maximum absolute atomic E-state index is 12.2. The van der Waals surface area contributed by atoms with E-state index in [2.05, 4.69) is 5.32 Å². The summed E-state index contributed by atoms with van der Waals surface area (Å²) in [5.41, 5.74) is 0.597. The largest absolute Gasteiger partial charge is 0.359 e. The van der Waals surface area contributed by atoms with E-state index in [1.807, 2.05) is 0 Å². The number of hydrogen-bond donors (Lipinski definition) is 1. The van der Waals surface area contributed by atoms with Gasteiger partial charge in [0, 0.05) is 13.5 Å². The molecule has 1 aromatic carbocycles. The van der Waals surface area contributed by atoms with Crippen LogP contribution in [0.2, 0.25) is 10.0 Å². The third kappa shape index (κ3) is 4.65. The molecule has 0 spiro atoms. The minimum absolute atomic E-state index is 0.0398. The third-order valence-corrected chi connectivity index (χ3v) is 6.01. The quantitative estimate of drug-likeness (QED) is 0.867. The molecule has 1 aromatic rings. The summed E-state index contributed by atoms with van der Waals surface area (Å²) >= 11 is 11.7. The Hall–Kier alpha value is -0.780. The summed E-state index contributed by atoms with van der Waals surface area (Å²) in [7, 11) is -1.81. The number of rotatable bonds is 6. The predicted octanol–water partition coefficient (Wildman–Crippen LogP) is 3.00. The van der Waals surface area contributed by atoms with Crippen molar-refractivity contribution in [3.8, 4) is 0 Å². The van der Waals surface area contributed by atoms with Crippen LogP contribution in [-0.2, 0) is 14.6 Å². The van der Waals surface area contributed by atoms with Crippen LogP contribution in [0.5, 0.6) is 0 Å². The Morgan fingerprint density at radius 1 is 1.30 bits per heavy atom. The second-order valence-corrected chi connectivity index (χ2v) is 7.71. The first-order chi connectivity index (χ1) is 9.27. The van der Waals surface area contributed by atoms with Crippen LogP contribution in [0.1, 0.15) is 30.6 Å². The van der Waals surface area contributed by atoms with E-state index in [4.69, 9.17) is 23.2 Å². The Kier molecular flexibility index (Phi) is 6.30. The van der Waals surface area contributed by atoms with Gasteiger partial charge in [0.25, 0.3) is 0 Å². The summed E-state index contributed by atoms with van der Waals surface area (Å²) in [6.45, 7) is 1.61. The summed E-state index contributed by atoms with van der Waals surface area (Å²) in [4.78, 5) is 11.1. The van der Waals surface area contributed by atoms with E-state index >= 15 is 0 Å². The van der Waals surface area contributed by atoms with Crippen molar-refractivity contribution in [1.82, 2.24) is 5.32 Å². The second kappa shape index (κ2) is 7.29. The van der Waals surface area contributed by atoms with Gasteiger partial charge < -0.3 is 5.32 Å². The molecule has 20 heavy (non-hydrogen) atoms. The number of carbonyl (C=O) groups is 1. The first kappa shape index (κ1) is 17.3. The molecule has 0 bridgehead atoms. The van der Waals surface area contributed by atoms with Crippen molar-refractivity contribution in [3.05, 3.63) is 33.8 Å². The molecular formula is C13H17Cl2NO3S. The molecule has 1 rings (SSSR count). The van der Waals surface area contributed by atoms with Crippen molar-refractivity contribution in [1.29, 1.82) is 0 Å². The average molecular weight is 338 g/mol. The fourth-order valence-electron chi connectivity index (χ4n) is 1.71. The molecule has 0 saturated carbocycles. The Labute approximate surface area is 129 Å². The van der Waals surface area contributed by atoms with E-state index < -0.39 is 15.1 Å². The number of carbonyl (C=O) groups excluding carboxylic acids is 1. The van der Waals surface area contributed by atoms with Gasteiger partial charge in [-0.25, -0.2) is 8.42 Å². The fourth-order valence-corrected chi connectivity index (χ4v) is 3.48. The number of halogens is 2. The zero-order chi connectivity index (χ0) is 15.3. The zero-order valence-corrected chi connectivity index (χ0v) is 13.6. The molecule has 7 heteroatoms. The summed E-state index contributed by atoms with van der Waals surface area (Å²) in [6.07, 6.45) is 0.498. The van der Waals surface area contributed by atoms with Crippen molar-refractivity contribution < 1.29 is 13.2 Å². The summed E-state index contributed by atoms with van der Waals surface area (Å²) in [5, 5.41) is 2.50. The number of hydrogen-bond acceptors (Lipinski definition) is 3. The van der Waals surface area contributed by atoms with Crippen molar-refractivity contribution in [2.75, 3.05) is 12.8 Å². The van der Waals surface area contributed by atoms with Gasteiger partial charge >= 0.3 is 0 Å². The smallest absolute Gasteiger partial charge is 0.219 e. The zero-order valence-electron chi connectivity index (χ0n) is 11.3. The highest BCUT2D eigenvalue weighted by Crippen LogP contribution is 2.29. The average Bonchev–Trinajstić information content (AvgIpc) is 2.40. The highest BCUT2D eigenvalue weighted by Gasteiger charge is 2.23. The maximum atomic E-state index is 12.2. The van der Waals surface area contributed by atoms with Gasteiger partial charge in [0.1, 0.15) is 0 Å². The topological polar surface area (TPSA) is 63.2 Å². The summed E-state index contributed by atoms with van der Waals surface area (Å²) in [5.74, 6) is -0.204. The van der Waals surface area contributed by atoms with E-state index in [0.29, 0.717) is 22.0 Å². The molecule has 1 atom stereocenters. The van der Waals surface area contributed by atoms with Crippen LogP contribution in [0, 0.1) is 0 Å². The standard InChI is InChI=1S/C13H17Cl2NO3S/c1-9(10-5-6-11(14)12(15)8-10)20(18,19)7-3-4-13(17)16-2/h5-6,8-9H,3-4,7H2,1-2H3,(H,16,17). The van der Waals surface area contributed by atoms with Crippen LogP contribution < -0.4 is 5.32 Å². The van der Waals surface area contributed by atoms with E-state index in [1.165, 1.54) is 7.05 Å². The van der Waals surface area contributed by atoms with Crippen LogP contribution >= 0.6 is 23.2 Å². The molecule has 0 aliphatic heterocycles. The minimum atomic E-state index is -3.33. The van der Waals surface area contributed by atoms with Gasteiger partial charge in [0.2, 0.25) is 5.91 Å².